The van der Waals surface area contributed by atoms with Gasteiger partial charge in [0.2, 0.25) is 0 Å². The van der Waals surface area contributed by atoms with Crippen molar-refractivity contribution in [3.63, 3.8) is 0 Å². The Morgan fingerprint density at radius 1 is 0.323 bits per heavy atom. The van der Waals surface area contributed by atoms with Gasteiger partial charge in [0.15, 0.2) is 23.3 Å². The lowest BCUT2D eigenvalue weighted by molar-refractivity contribution is 0.308. The van der Waals surface area contributed by atoms with E-state index in [9.17, 15) is 0 Å². The van der Waals surface area contributed by atoms with Crippen LogP contribution in [0.3, 0.4) is 0 Å². The van der Waals surface area contributed by atoms with E-state index in [4.69, 9.17) is 67.8 Å². The normalized spacial score (nSPS) is 12.0. The molecule has 2 aliphatic heterocycles. The van der Waals surface area contributed by atoms with Crippen molar-refractivity contribution in [1.29, 1.82) is 0 Å². The number of rotatable bonds is 20. The smallest absolute Gasteiger partial charge is 0.168 e. The zero-order valence-electron chi connectivity index (χ0n) is 53.9. The van der Waals surface area contributed by atoms with Crippen molar-refractivity contribution in [2.24, 2.45) is 7.05 Å². The largest absolute Gasteiger partial charge is 0.495 e. The van der Waals surface area contributed by atoms with Crippen LogP contribution in [0.1, 0.15) is 79.1 Å². The highest BCUT2D eigenvalue weighted by atomic mass is 16.5. The number of ether oxygens (including phenoxy) is 8. The zero-order valence-corrected chi connectivity index (χ0v) is 53.9. The van der Waals surface area contributed by atoms with E-state index in [2.05, 4.69) is 105 Å². The maximum Gasteiger partial charge on any atom is 0.168 e. The summed E-state index contributed by atoms with van der Waals surface area (Å²) >= 11 is 0. The highest BCUT2D eigenvalue weighted by Gasteiger charge is 2.36. The van der Waals surface area contributed by atoms with Gasteiger partial charge in [0, 0.05) is 50.1 Å². The number of nitrogens with zero attached hydrogens (tertiary/aromatic N) is 7. The standard InChI is InChI=1S/C77H72N8O8/c1-10-14-34-90-66-46-30-22-23-31-47(46)67(91-35-15-11-2)59-58(66)73-80-71-55-54(62(86-6)50-38-42-26-18-19-27-43(42)39-51(50)63(55)87-7)70(78-71)79-72-56-57(65(89-9)53-41-45-29-21-20-28-44(45)40-52(53)64(56)88-8)74(81-72)83-76-60-61(77(85(76)5)84-75(59)82-73)69(93-37-17-13-4)49-33-25-24-32-48(49)68(60)92-36-16-12-3/h18-33,38-41H,10-17,34-37H2,1-9H3,(H,78,79,80,81,82,83,84). The lowest BCUT2D eigenvalue weighted by Gasteiger charge is -2.19. The SMILES string of the molecule is CCCCOc1c2c(c(OCCCC)c3ccccc13)-c1nc-2nc2[nH]c(nc3nc(nc4c5c(OCCCC)c6ccccc6c(OCCCC)c5c(n1)n4C)-c1c-3c(OC)c3cc4ccccc4cc3c1OC)c1c(OC)c3cc4ccccc4cc3c(OC)c21. The van der Waals surface area contributed by atoms with E-state index in [0.29, 0.717) is 162 Å². The highest BCUT2D eigenvalue weighted by molar-refractivity contribution is 6.24. The third-order valence-electron chi connectivity index (χ3n) is 18.2. The van der Waals surface area contributed by atoms with Gasteiger partial charge < -0.3 is 47.4 Å². The molecule has 0 fully saturated rings. The van der Waals surface area contributed by atoms with Gasteiger partial charge in [0.1, 0.15) is 68.6 Å². The summed E-state index contributed by atoms with van der Waals surface area (Å²) in [5.41, 5.74) is 4.15. The van der Waals surface area contributed by atoms with E-state index < -0.39 is 0 Å². The fourth-order valence-corrected chi connectivity index (χ4v) is 13.7. The van der Waals surface area contributed by atoms with Crippen molar-refractivity contribution in [1.82, 2.24) is 39.5 Å². The first-order valence-electron chi connectivity index (χ1n) is 32.4. The number of methoxy groups -OCH3 is 4. The summed E-state index contributed by atoms with van der Waals surface area (Å²) in [7, 11) is 8.72. The van der Waals surface area contributed by atoms with Crippen LogP contribution in [0.5, 0.6) is 46.0 Å². The fraction of sp³-hybridized carbons (Fsp3) is 0.273. The first kappa shape index (κ1) is 58.9. The molecule has 0 radical (unpaired) electrons. The number of hydrogen-bond acceptors (Lipinski definition) is 14. The molecule has 3 aromatic heterocycles. The van der Waals surface area contributed by atoms with E-state index in [1.54, 1.807) is 28.4 Å². The molecular weight excluding hydrogens is 1160 g/mol. The van der Waals surface area contributed by atoms with Crippen molar-refractivity contribution in [2.45, 2.75) is 79.1 Å². The van der Waals surface area contributed by atoms with E-state index in [1.807, 2.05) is 60.1 Å². The van der Waals surface area contributed by atoms with E-state index in [-0.39, 0.29) is 0 Å². The van der Waals surface area contributed by atoms with Gasteiger partial charge in [-0.25, -0.2) is 29.9 Å². The molecular formula is C77H72N8O8. The van der Waals surface area contributed by atoms with E-state index >= 15 is 0 Å². The van der Waals surface area contributed by atoms with Crippen molar-refractivity contribution in [3.05, 3.63) is 121 Å². The number of benzene rings is 10. The average Bonchev–Trinajstić information content (AvgIpc) is 1.58. The van der Waals surface area contributed by atoms with Crippen LogP contribution < -0.4 is 37.9 Å². The van der Waals surface area contributed by atoms with Crippen LogP contribution in [0.4, 0.5) is 0 Å². The lowest BCUT2D eigenvalue weighted by Crippen LogP contribution is -2.04. The number of hydrogen-bond donors (Lipinski definition) is 1. The predicted molar refractivity (Wildman–Crippen MR) is 374 cm³/mol. The van der Waals surface area contributed by atoms with Gasteiger partial charge in [0.05, 0.1) is 98.7 Å². The molecule has 13 aromatic rings. The van der Waals surface area contributed by atoms with Gasteiger partial charge in [-0.15, -0.1) is 0 Å². The number of nitrogens with one attached hydrogen (secondary N) is 1. The Labute approximate surface area is 537 Å². The second-order valence-corrected chi connectivity index (χ2v) is 23.8. The summed E-state index contributed by atoms with van der Waals surface area (Å²) in [6.45, 7) is 10.4. The number of aryl methyl sites for hydroxylation is 1. The molecule has 15 rings (SSSR count). The molecule has 0 saturated heterocycles. The van der Waals surface area contributed by atoms with Crippen LogP contribution in [0.2, 0.25) is 0 Å². The molecule has 0 unspecified atom stereocenters. The van der Waals surface area contributed by atoms with Crippen LogP contribution in [0.25, 0.3) is 154 Å². The summed E-state index contributed by atoms with van der Waals surface area (Å²) in [5, 5.41) is 13.3. The quantitative estimate of drug-likeness (QED) is 0.0564. The zero-order chi connectivity index (χ0) is 63.6. The molecule has 468 valence electrons. The van der Waals surface area contributed by atoms with Gasteiger partial charge in [0.25, 0.3) is 0 Å². The number of unbranched alkanes of at least 4 members (excludes halogenated alkanes) is 4. The number of aromatic amines is 1. The lowest BCUT2D eigenvalue weighted by atomic mass is 9.95. The summed E-state index contributed by atoms with van der Waals surface area (Å²) in [6.07, 6.45) is 6.90. The summed E-state index contributed by atoms with van der Waals surface area (Å²) in [4.78, 5) is 38.3. The molecule has 0 amide bonds. The number of fused-ring (bicyclic) bond motifs is 26. The minimum atomic E-state index is 0.290. The Balaban J connectivity index is 1.23. The molecule has 10 aromatic carbocycles. The van der Waals surface area contributed by atoms with Crippen molar-refractivity contribution in [3.8, 4) is 91.5 Å². The van der Waals surface area contributed by atoms with Crippen LogP contribution in [0, 0.1) is 0 Å². The maximum absolute atomic E-state index is 7.16. The second-order valence-electron chi connectivity index (χ2n) is 23.8. The molecule has 0 atom stereocenters. The third kappa shape index (κ3) is 9.45. The van der Waals surface area contributed by atoms with Gasteiger partial charge in [-0.2, -0.15) is 0 Å². The molecule has 0 spiro atoms. The summed E-state index contributed by atoms with van der Waals surface area (Å²) in [6, 6.07) is 41.6. The number of aromatic nitrogens is 8. The Morgan fingerprint density at radius 3 is 0.946 bits per heavy atom. The van der Waals surface area contributed by atoms with Crippen molar-refractivity contribution in [2.75, 3.05) is 54.9 Å². The molecule has 2 aliphatic rings. The number of H-pyrrole nitrogens is 1. The third-order valence-corrected chi connectivity index (χ3v) is 18.2. The fourth-order valence-electron chi connectivity index (χ4n) is 13.7. The molecule has 93 heavy (non-hydrogen) atoms. The molecule has 0 saturated carbocycles. The minimum Gasteiger partial charge on any atom is -0.495 e. The second kappa shape index (κ2) is 24.3. The molecule has 0 aliphatic carbocycles. The topological polar surface area (TPSA) is 172 Å². The van der Waals surface area contributed by atoms with Crippen molar-refractivity contribution < 1.29 is 37.9 Å². The first-order chi connectivity index (χ1) is 45.7. The predicted octanol–water partition coefficient (Wildman–Crippen LogP) is 18.5. The van der Waals surface area contributed by atoms with Crippen LogP contribution in [-0.4, -0.2) is 94.3 Å². The average molecular weight is 1240 g/mol. The minimum absolute atomic E-state index is 0.290. The van der Waals surface area contributed by atoms with E-state index in [0.717, 1.165) is 116 Å². The summed E-state index contributed by atoms with van der Waals surface area (Å²) in [5.74, 6) is 5.93. The summed E-state index contributed by atoms with van der Waals surface area (Å²) < 4.78 is 57.2. The monoisotopic (exact) mass is 1240 g/mol. The molecule has 1 N–H and O–H groups in total. The van der Waals surface area contributed by atoms with Crippen LogP contribution >= 0.6 is 0 Å². The van der Waals surface area contributed by atoms with Gasteiger partial charge >= 0.3 is 0 Å². The highest BCUT2D eigenvalue weighted by Crippen LogP contribution is 2.57. The molecule has 16 nitrogen and oxygen atoms in total. The molecule has 5 heterocycles. The maximum atomic E-state index is 7.16. The Bertz CT molecular complexity index is 5390. The van der Waals surface area contributed by atoms with Gasteiger partial charge in [-0.3, -0.25) is 0 Å². The first-order valence-corrected chi connectivity index (χ1v) is 32.4. The van der Waals surface area contributed by atoms with Gasteiger partial charge in [-0.05, 0) is 71.5 Å². The van der Waals surface area contributed by atoms with E-state index in [1.165, 1.54) is 0 Å². The Morgan fingerprint density at radius 2 is 0.613 bits per heavy atom. The van der Waals surface area contributed by atoms with Crippen LogP contribution in [0.15, 0.2) is 121 Å². The Hall–Kier alpha value is -10.5. The van der Waals surface area contributed by atoms with Gasteiger partial charge in [-0.1, -0.05) is 150 Å². The Kier molecular flexibility index (Phi) is 15.4. The van der Waals surface area contributed by atoms with Crippen LogP contribution in [-0.2, 0) is 7.05 Å². The molecule has 8 bridgehead atoms. The molecule has 16 heteroatoms. The van der Waals surface area contributed by atoms with Crippen molar-refractivity contribution >= 4 is 109 Å².